The second-order valence-electron chi connectivity index (χ2n) is 25.7. The van der Waals surface area contributed by atoms with Crippen LogP contribution in [0.4, 0.5) is 0 Å². The quantitative estimate of drug-likeness (QED) is 0.0285. The molecule has 594 valence electrons. The van der Waals surface area contributed by atoms with Gasteiger partial charge < -0.3 is 179 Å². The predicted molar refractivity (Wildman–Crippen MR) is 339 cm³/mol. The fraction of sp³-hybridized carbons (Fsp3) is 0.734. The van der Waals surface area contributed by atoms with Crippen LogP contribution in [0.3, 0.4) is 0 Å². The molecule has 0 radical (unpaired) electrons. The van der Waals surface area contributed by atoms with E-state index in [-0.39, 0.29) is 62.5 Å². The lowest BCUT2D eigenvalue weighted by Crippen LogP contribution is -2.68. The van der Waals surface area contributed by atoms with Crippen molar-refractivity contribution < 1.29 is 187 Å². The first-order valence-electron chi connectivity index (χ1n) is 33.7. The minimum absolute atomic E-state index is 0.00546. The van der Waals surface area contributed by atoms with Crippen molar-refractivity contribution in [2.45, 2.75) is 224 Å². The standard InChI is InChI=1S/C64H95N3O38/c1-25(74)66-40-46(82)54(102-63-52(88)56(44(80)35(19-70)98-63)104-61-50(86)48(84)42(78)33(17-68)96-61)37(21-72)100-59(40)92-11-4-3-8-30(76)23-94-32-15-28(13-29(16-32)58(90)91)27-7-5-9-31(14-27)95-24-39(77)65-10-6-12-93-60-41(67-26(2)75)47(83)55(38(22-73)101-60)103-64-53(89)57(45(81)36(20-71)99-64)105-62-51(87)49(85)43(79)34(18-69)97-62/h5,7,9,13-16,33-38,40-57,59-64,68-73,78-89H,3-4,6,8,10-12,17-24H2,1-2H3,(H,65,77)(H,66,74)(H,67,75)(H,90,91)/t33?,34?,35?,36?,37?,38?,40?,41?,42-,43-,44-,45-,46+,47+,48-,49-,50?,51?,52?,53?,54+,55+,56-,57-,59+,60+,61+,62+,63-,64-/m0/s1. The van der Waals surface area contributed by atoms with Gasteiger partial charge in [-0.3, -0.25) is 19.2 Å². The van der Waals surface area contributed by atoms with E-state index in [0.29, 0.717) is 11.1 Å². The molecule has 12 unspecified atom stereocenters. The lowest BCUT2D eigenvalue weighted by atomic mass is 9.95. The number of amides is 3. The minimum Gasteiger partial charge on any atom is -0.486 e. The van der Waals surface area contributed by atoms with Gasteiger partial charge in [-0.1, -0.05) is 12.1 Å². The third-order valence-corrected chi connectivity index (χ3v) is 18.1. The van der Waals surface area contributed by atoms with E-state index >= 15 is 0 Å². The van der Waals surface area contributed by atoms with Crippen molar-refractivity contribution in [2.24, 2.45) is 0 Å². The van der Waals surface area contributed by atoms with E-state index in [2.05, 4.69) is 16.0 Å². The number of ketones is 1. The number of hydrogen-bond donors (Lipinski definition) is 22. The zero-order valence-corrected chi connectivity index (χ0v) is 56.7. The van der Waals surface area contributed by atoms with Gasteiger partial charge in [0.05, 0.1) is 51.8 Å². The molecule has 41 nitrogen and oxygen atoms in total. The molecule has 0 aliphatic carbocycles. The molecular weight excluding hydrogens is 1420 g/mol. The molecule has 8 rings (SSSR count). The zero-order chi connectivity index (χ0) is 76.7. The van der Waals surface area contributed by atoms with E-state index in [1.807, 2.05) is 0 Å². The summed E-state index contributed by atoms with van der Waals surface area (Å²) in [6.45, 7) is -4.25. The van der Waals surface area contributed by atoms with Crippen LogP contribution in [0.2, 0.25) is 0 Å². The molecule has 30 atom stereocenters. The van der Waals surface area contributed by atoms with Crippen LogP contribution in [-0.4, -0.2) is 383 Å². The number of ether oxygens (including phenoxy) is 14. The van der Waals surface area contributed by atoms with Gasteiger partial charge >= 0.3 is 5.97 Å². The number of nitrogens with one attached hydrogen (secondary N) is 3. The van der Waals surface area contributed by atoms with Gasteiger partial charge in [0.1, 0.15) is 164 Å². The second kappa shape index (κ2) is 39.7. The van der Waals surface area contributed by atoms with Crippen LogP contribution in [0, 0.1) is 0 Å². The number of unbranched alkanes of at least 4 members (excludes halogenated alkanes) is 1. The summed E-state index contributed by atoms with van der Waals surface area (Å²) in [6, 6.07) is 7.48. The molecule has 3 amide bonds. The SMILES string of the molecule is CC(=O)NC1[C@H](OCCCCC(=O)COc2cc(C(=O)O)cc(-c3cccc(OCC(=O)NCCCO[C@@H]4OC(CO)[C@@H](O[C@@H]5OC(CO)[C@H](O)[C@H](O[C@H]6OC(CO)[C@H](O)[C@H](O)C6O)C5O)[C@H](O)C4NC(C)=O)c3)c2)OC(CO)[C@@H](O[C@@H]2OC(CO)[C@H](O)[C@H](O[C@H]3OC(CO)[C@H](O)[C@H](O)C3O)C2O)[C@@H]1O. The molecule has 6 aliphatic rings. The highest BCUT2D eigenvalue weighted by molar-refractivity contribution is 5.90. The van der Waals surface area contributed by atoms with Gasteiger partial charge in [-0.15, -0.1) is 0 Å². The number of aliphatic hydroxyl groups excluding tert-OH is 18. The van der Waals surface area contributed by atoms with Crippen molar-refractivity contribution in [3.8, 4) is 22.6 Å². The van der Waals surface area contributed by atoms with Crippen LogP contribution < -0.4 is 25.4 Å². The first-order valence-corrected chi connectivity index (χ1v) is 33.7. The number of rotatable bonds is 35. The Morgan fingerprint density at radius 1 is 0.410 bits per heavy atom. The number of Topliss-reactive ketones (excluding diaryl/α,β-unsaturated/α-hetero) is 1. The Bertz CT molecular complexity index is 3090. The van der Waals surface area contributed by atoms with E-state index in [4.69, 9.17) is 66.3 Å². The zero-order valence-electron chi connectivity index (χ0n) is 56.7. The van der Waals surface area contributed by atoms with Crippen LogP contribution in [0.15, 0.2) is 42.5 Å². The second-order valence-corrected chi connectivity index (χ2v) is 25.7. The summed E-state index contributed by atoms with van der Waals surface area (Å²) in [7, 11) is 0. The number of carboxylic acid groups (broad SMARTS) is 1. The number of benzene rings is 2. The highest BCUT2D eigenvalue weighted by atomic mass is 16.8. The average Bonchev–Trinajstić information content (AvgIpc) is 0.522. The molecule has 0 bridgehead atoms. The summed E-state index contributed by atoms with van der Waals surface area (Å²) in [5.41, 5.74) is 0.556. The molecular formula is C64H95N3O38. The summed E-state index contributed by atoms with van der Waals surface area (Å²) < 4.78 is 79.9. The third kappa shape index (κ3) is 21.5. The molecule has 41 heteroatoms. The molecule has 6 fully saturated rings. The smallest absolute Gasteiger partial charge is 0.335 e. The van der Waals surface area contributed by atoms with Gasteiger partial charge in [-0.05, 0) is 60.7 Å². The molecule has 6 saturated heterocycles. The molecule has 0 spiro atoms. The number of aliphatic hydroxyl groups is 18. The highest BCUT2D eigenvalue weighted by Gasteiger charge is 2.57. The van der Waals surface area contributed by atoms with Crippen LogP contribution in [0.5, 0.6) is 11.5 Å². The van der Waals surface area contributed by atoms with Gasteiger partial charge in [0, 0.05) is 33.4 Å². The normalized spacial score (nSPS) is 37.9. The maximum absolute atomic E-state index is 13.1. The van der Waals surface area contributed by atoms with Crippen molar-refractivity contribution in [1.82, 2.24) is 16.0 Å². The Morgan fingerprint density at radius 2 is 0.819 bits per heavy atom. The molecule has 2 aromatic carbocycles. The first-order chi connectivity index (χ1) is 50.1. The topological polar surface area (TPSA) is 635 Å². The molecule has 0 saturated carbocycles. The predicted octanol–water partition coefficient (Wildman–Crippen LogP) is -10.7. The number of carbonyl (C=O) groups excluding carboxylic acids is 4. The monoisotopic (exact) mass is 1510 g/mol. The fourth-order valence-electron chi connectivity index (χ4n) is 12.5. The maximum Gasteiger partial charge on any atom is 0.335 e. The van der Waals surface area contributed by atoms with E-state index < -0.39 is 266 Å². The van der Waals surface area contributed by atoms with Gasteiger partial charge in [-0.2, -0.15) is 0 Å². The van der Waals surface area contributed by atoms with E-state index in [1.165, 1.54) is 30.3 Å². The maximum atomic E-state index is 13.1. The van der Waals surface area contributed by atoms with E-state index in [1.54, 1.807) is 12.1 Å². The van der Waals surface area contributed by atoms with Gasteiger partial charge in [0.2, 0.25) is 11.8 Å². The van der Waals surface area contributed by atoms with Crippen molar-refractivity contribution in [3.63, 3.8) is 0 Å². The highest BCUT2D eigenvalue weighted by Crippen LogP contribution is 2.37. The Kier molecular flexibility index (Phi) is 32.1. The molecule has 6 aliphatic heterocycles. The van der Waals surface area contributed by atoms with E-state index in [0.717, 1.165) is 13.8 Å². The molecule has 105 heavy (non-hydrogen) atoms. The summed E-state index contributed by atoms with van der Waals surface area (Å²) in [5, 5.41) is 208. The summed E-state index contributed by atoms with van der Waals surface area (Å²) >= 11 is 0. The van der Waals surface area contributed by atoms with Crippen LogP contribution in [0.1, 0.15) is 49.9 Å². The van der Waals surface area contributed by atoms with Crippen molar-refractivity contribution in [2.75, 3.05) is 72.6 Å². The Hall–Kier alpha value is -5.61. The molecule has 6 heterocycles. The van der Waals surface area contributed by atoms with Gasteiger partial charge in [0.25, 0.3) is 5.91 Å². The lowest BCUT2D eigenvalue weighted by molar-refractivity contribution is -0.376. The average molecular weight is 1510 g/mol. The number of carbonyl (C=O) groups is 5. The molecule has 0 aromatic heterocycles. The number of hydrogen-bond acceptors (Lipinski definition) is 37. The summed E-state index contributed by atoms with van der Waals surface area (Å²) in [5.74, 6) is -3.46. The van der Waals surface area contributed by atoms with Crippen molar-refractivity contribution >= 4 is 29.5 Å². The van der Waals surface area contributed by atoms with Gasteiger partial charge in [0.15, 0.2) is 50.1 Å². The fourth-order valence-corrected chi connectivity index (χ4v) is 12.5. The minimum atomic E-state index is -2.03. The van der Waals surface area contributed by atoms with Crippen LogP contribution >= 0.6 is 0 Å². The number of aromatic carboxylic acids is 1. The Morgan fingerprint density at radius 3 is 1.27 bits per heavy atom. The molecule has 2 aromatic rings. The van der Waals surface area contributed by atoms with E-state index in [9.17, 15) is 121 Å². The summed E-state index contributed by atoms with van der Waals surface area (Å²) in [4.78, 5) is 63.2. The van der Waals surface area contributed by atoms with Crippen LogP contribution in [0.25, 0.3) is 11.1 Å². The van der Waals surface area contributed by atoms with Crippen molar-refractivity contribution in [1.29, 1.82) is 0 Å². The van der Waals surface area contributed by atoms with Crippen molar-refractivity contribution in [3.05, 3.63) is 48.0 Å². The van der Waals surface area contributed by atoms with Crippen LogP contribution in [-0.2, 0) is 76.0 Å². The Labute approximate surface area is 598 Å². The number of carboxylic acids is 1. The lowest BCUT2D eigenvalue weighted by Gasteiger charge is -2.48. The summed E-state index contributed by atoms with van der Waals surface area (Å²) in [6.07, 6.45) is -48.5. The molecule has 22 N–H and O–H groups in total. The Balaban J connectivity index is 0.774. The van der Waals surface area contributed by atoms with Gasteiger partial charge in [-0.25, -0.2) is 4.79 Å². The largest absolute Gasteiger partial charge is 0.486 e. The third-order valence-electron chi connectivity index (χ3n) is 18.1. The first kappa shape index (κ1) is 85.0.